The zero-order valence-corrected chi connectivity index (χ0v) is 20.8. The summed E-state index contributed by atoms with van der Waals surface area (Å²) in [6, 6.07) is 36.2. The Labute approximate surface area is 206 Å². The van der Waals surface area contributed by atoms with Crippen LogP contribution in [-0.4, -0.2) is 17.2 Å². The van der Waals surface area contributed by atoms with Crippen molar-refractivity contribution in [3.8, 4) is 0 Å². The van der Waals surface area contributed by atoms with Crippen LogP contribution in [0.15, 0.2) is 115 Å². The topological polar surface area (TPSA) is 46.4 Å². The minimum absolute atomic E-state index is 0.239. The number of carbonyl (C=O) groups excluding carboxylic acids is 1. The first-order valence-electron chi connectivity index (χ1n) is 11.8. The van der Waals surface area contributed by atoms with Crippen molar-refractivity contribution in [2.24, 2.45) is 0 Å². The zero-order chi connectivity index (χ0) is 24.5. The Hall–Kier alpha value is -3.46. The highest BCUT2D eigenvalue weighted by molar-refractivity contribution is 7.76. The second-order valence-electron chi connectivity index (χ2n) is 8.76. The molecule has 5 heteroatoms. The van der Waals surface area contributed by atoms with Gasteiger partial charge in [0.25, 0.3) is 0 Å². The van der Waals surface area contributed by atoms with Crippen molar-refractivity contribution in [3.05, 3.63) is 132 Å². The molecule has 0 spiro atoms. The summed E-state index contributed by atoms with van der Waals surface area (Å²) in [5.74, 6) is -0.385. The predicted molar refractivity (Wildman–Crippen MR) is 140 cm³/mol. The number of esters is 1. The van der Waals surface area contributed by atoms with Crippen molar-refractivity contribution in [2.75, 3.05) is 6.61 Å². The van der Waals surface area contributed by atoms with Crippen LogP contribution in [0.5, 0.6) is 0 Å². The number of carbonyl (C=O) groups is 1. The third kappa shape index (κ3) is 3.74. The third-order valence-corrected chi connectivity index (χ3v) is 9.79. The number of nitrogens with zero attached hydrogens (tertiary/aromatic N) is 1. The molecule has 1 saturated heterocycles. The number of benzene rings is 4. The standard InChI is InChI=1S/C30H28NO3P/c1-3-34-29(32)30(25-13-7-4-8-14-25)28(24-21-19-23(2)20-22-24)31(30)35(33,26-15-9-5-10-16-26)27-17-11-6-12-18-27/h4-22,28H,3H2,1-2H3/t28-,30+,31?/m0/s1. The van der Waals surface area contributed by atoms with E-state index >= 15 is 4.57 Å². The van der Waals surface area contributed by atoms with Crippen molar-refractivity contribution >= 4 is 23.9 Å². The first kappa shape index (κ1) is 23.3. The quantitative estimate of drug-likeness (QED) is 0.192. The van der Waals surface area contributed by atoms with Crippen molar-refractivity contribution in [2.45, 2.75) is 25.4 Å². The SMILES string of the molecule is CCOC(=O)[C@@]1(c2ccccc2)[C@H](c2ccc(C)cc2)N1P(=O)(c1ccccc1)c1ccccc1. The minimum atomic E-state index is -3.45. The van der Waals surface area contributed by atoms with Gasteiger partial charge in [0.1, 0.15) is 0 Å². The van der Waals surface area contributed by atoms with Gasteiger partial charge < -0.3 is 4.74 Å². The molecule has 3 atom stereocenters. The van der Waals surface area contributed by atoms with Gasteiger partial charge in [0.05, 0.1) is 12.6 Å². The van der Waals surface area contributed by atoms with E-state index in [1.165, 1.54) is 0 Å². The van der Waals surface area contributed by atoms with Crippen molar-refractivity contribution in [1.29, 1.82) is 0 Å². The average Bonchev–Trinajstić information content (AvgIpc) is 3.62. The van der Waals surface area contributed by atoms with Gasteiger partial charge in [0.2, 0.25) is 7.29 Å². The molecule has 0 amide bonds. The van der Waals surface area contributed by atoms with Gasteiger partial charge >= 0.3 is 5.97 Å². The van der Waals surface area contributed by atoms with Gasteiger partial charge in [-0.3, -0.25) is 4.57 Å². The van der Waals surface area contributed by atoms with E-state index in [1.54, 1.807) is 6.92 Å². The van der Waals surface area contributed by atoms with Gasteiger partial charge in [-0.25, -0.2) is 9.46 Å². The third-order valence-electron chi connectivity index (χ3n) is 6.64. The molecule has 0 bridgehead atoms. The van der Waals surface area contributed by atoms with Crippen LogP contribution in [0.3, 0.4) is 0 Å². The second kappa shape index (κ2) is 9.30. The van der Waals surface area contributed by atoms with Gasteiger partial charge in [-0.15, -0.1) is 0 Å². The highest BCUT2D eigenvalue weighted by atomic mass is 31.2. The summed E-state index contributed by atoms with van der Waals surface area (Å²) in [7, 11) is -3.45. The van der Waals surface area contributed by atoms with Crippen molar-refractivity contribution < 1.29 is 14.1 Å². The summed E-state index contributed by atoms with van der Waals surface area (Å²) in [4.78, 5) is 13.9. The van der Waals surface area contributed by atoms with E-state index in [9.17, 15) is 4.79 Å². The first-order valence-corrected chi connectivity index (χ1v) is 13.5. The van der Waals surface area contributed by atoms with Crippen LogP contribution < -0.4 is 10.6 Å². The number of hydrogen-bond donors (Lipinski definition) is 0. The molecule has 4 aromatic carbocycles. The van der Waals surface area contributed by atoms with Crippen LogP contribution in [-0.2, 0) is 19.6 Å². The summed E-state index contributed by atoms with van der Waals surface area (Å²) in [5.41, 5.74) is 1.61. The van der Waals surface area contributed by atoms with Crippen LogP contribution in [0.4, 0.5) is 0 Å². The largest absolute Gasteiger partial charge is 0.464 e. The van der Waals surface area contributed by atoms with Gasteiger partial charge in [-0.2, -0.15) is 0 Å². The van der Waals surface area contributed by atoms with Gasteiger partial charge in [-0.1, -0.05) is 96.6 Å². The number of ether oxygens (including phenoxy) is 1. The Morgan fingerprint density at radius 2 is 1.29 bits per heavy atom. The molecule has 1 aliphatic rings. The number of aryl methyl sites for hydroxylation is 1. The van der Waals surface area contributed by atoms with Crippen LogP contribution >= 0.6 is 7.29 Å². The fourth-order valence-corrected chi connectivity index (χ4v) is 8.27. The zero-order valence-electron chi connectivity index (χ0n) is 19.9. The Morgan fingerprint density at radius 1 is 0.800 bits per heavy atom. The molecule has 1 unspecified atom stereocenters. The van der Waals surface area contributed by atoms with Crippen LogP contribution in [0.2, 0.25) is 0 Å². The minimum Gasteiger partial charge on any atom is -0.464 e. The van der Waals surface area contributed by atoms with Crippen LogP contribution in [0.25, 0.3) is 0 Å². The lowest BCUT2D eigenvalue weighted by Crippen LogP contribution is -2.32. The Balaban J connectivity index is 1.82. The van der Waals surface area contributed by atoms with E-state index in [2.05, 4.69) is 0 Å². The molecule has 1 fully saturated rings. The van der Waals surface area contributed by atoms with E-state index in [0.29, 0.717) is 10.6 Å². The molecule has 0 N–H and O–H groups in total. The highest BCUT2D eigenvalue weighted by Crippen LogP contribution is 2.74. The molecule has 4 nitrogen and oxygen atoms in total. The maximum atomic E-state index is 15.4. The summed E-state index contributed by atoms with van der Waals surface area (Å²) < 4.78 is 23.0. The Morgan fingerprint density at radius 3 is 1.77 bits per heavy atom. The van der Waals surface area contributed by atoms with Gasteiger partial charge in [-0.05, 0) is 49.2 Å². The maximum absolute atomic E-state index is 15.4. The van der Waals surface area contributed by atoms with E-state index in [4.69, 9.17) is 4.74 Å². The van der Waals surface area contributed by atoms with Crippen LogP contribution in [0.1, 0.15) is 29.7 Å². The summed E-state index contributed by atoms with van der Waals surface area (Å²) in [6.07, 6.45) is 0. The lowest BCUT2D eigenvalue weighted by molar-refractivity contribution is -0.147. The molecule has 1 heterocycles. The van der Waals surface area contributed by atoms with Crippen molar-refractivity contribution in [3.63, 3.8) is 0 Å². The fraction of sp³-hybridized carbons (Fsp3) is 0.167. The number of rotatable bonds is 7. The summed E-state index contributed by atoms with van der Waals surface area (Å²) in [6.45, 7) is 4.07. The van der Waals surface area contributed by atoms with E-state index < -0.39 is 18.9 Å². The molecule has 0 saturated carbocycles. The molecule has 176 valence electrons. The van der Waals surface area contributed by atoms with Gasteiger partial charge in [0, 0.05) is 10.6 Å². The molecule has 0 radical (unpaired) electrons. The molecule has 0 aliphatic carbocycles. The number of hydrogen-bond acceptors (Lipinski definition) is 3. The Kier molecular flexibility index (Phi) is 6.19. The molecule has 5 rings (SSSR count). The molecule has 1 aliphatic heterocycles. The Bertz CT molecular complexity index is 1310. The molecule has 35 heavy (non-hydrogen) atoms. The van der Waals surface area contributed by atoms with E-state index in [0.717, 1.165) is 16.7 Å². The summed E-state index contributed by atoms with van der Waals surface area (Å²) in [5, 5.41) is 1.37. The highest BCUT2D eigenvalue weighted by Gasteiger charge is 2.76. The molecule has 4 aromatic rings. The second-order valence-corrected chi connectivity index (χ2v) is 11.4. The molecule has 0 aromatic heterocycles. The normalized spacial score (nSPS) is 21.3. The predicted octanol–water partition coefficient (Wildman–Crippen LogP) is 5.74. The maximum Gasteiger partial charge on any atom is 0.333 e. The van der Waals surface area contributed by atoms with E-state index in [-0.39, 0.29) is 12.6 Å². The van der Waals surface area contributed by atoms with Crippen LogP contribution in [0, 0.1) is 6.92 Å². The molecular weight excluding hydrogens is 453 g/mol. The molecular formula is C30H28NO3P. The smallest absolute Gasteiger partial charge is 0.333 e. The average molecular weight is 482 g/mol. The lowest BCUT2D eigenvalue weighted by atomic mass is 9.91. The first-order chi connectivity index (χ1) is 17.0. The van der Waals surface area contributed by atoms with Crippen molar-refractivity contribution in [1.82, 2.24) is 4.67 Å². The van der Waals surface area contributed by atoms with Gasteiger partial charge in [0.15, 0.2) is 5.54 Å². The fourth-order valence-electron chi connectivity index (χ4n) is 5.00. The van der Waals surface area contributed by atoms with E-state index in [1.807, 2.05) is 127 Å². The lowest BCUT2D eigenvalue weighted by Gasteiger charge is -2.25. The summed E-state index contributed by atoms with van der Waals surface area (Å²) >= 11 is 0. The monoisotopic (exact) mass is 481 g/mol.